The van der Waals surface area contributed by atoms with Crippen LogP contribution in [0.15, 0.2) is 84.9 Å². The van der Waals surface area contributed by atoms with Crippen molar-refractivity contribution in [1.29, 1.82) is 0 Å². The third kappa shape index (κ3) is 4.37. The molecule has 7 heteroatoms. The van der Waals surface area contributed by atoms with Gasteiger partial charge in [0.25, 0.3) is 5.91 Å². The molecule has 1 aliphatic heterocycles. The second-order valence-corrected chi connectivity index (χ2v) is 8.53. The molecule has 0 N–H and O–H groups in total. The molecule has 6 nitrogen and oxygen atoms in total. The van der Waals surface area contributed by atoms with Crippen LogP contribution in [0.3, 0.4) is 0 Å². The molecule has 1 saturated heterocycles. The molecule has 0 saturated carbocycles. The van der Waals surface area contributed by atoms with E-state index < -0.39 is 0 Å². The maximum absolute atomic E-state index is 13.7. The molecule has 34 heavy (non-hydrogen) atoms. The van der Waals surface area contributed by atoms with Gasteiger partial charge in [0.1, 0.15) is 11.4 Å². The first kappa shape index (κ1) is 22.0. The van der Waals surface area contributed by atoms with Crippen molar-refractivity contribution in [2.45, 2.75) is 0 Å². The highest BCUT2D eigenvalue weighted by Crippen LogP contribution is 2.28. The van der Waals surface area contributed by atoms with Gasteiger partial charge in [-0.15, -0.1) is 0 Å². The number of methoxy groups -OCH3 is 1. The highest BCUT2D eigenvalue weighted by molar-refractivity contribution is 6.33. The predicted molar refractivity (Wildman–Crippen MR) is 135 cm³/mol. The third-order valence-corrected chi connectivity index (χ3v) is 6.37. The fraction of sp³-hybridized carbons (Fsp3) is 0.185. The summed E-state index contributed by atoms with van der Waals surface area (Å²) >= 11 is 6.38. The van der Waals surface area contributed by atoms with Crippen molar-refractivity contribution in [3.8, 4) is 22.7 Å². The minimum atomic E-state index is -0.0377. The van der Waals surface area contributed by atoms with Crippen molar-refractivity contribution in [1.82, 2.24) is 14.7 Å². The number of aromatic nitrogens is 2. The van der Waals surface area contributed by atoms with Gasteiger partial charge in [0.15, 0.2) is 0 Å². The number of hydrogen-bond donors (Lipinski definition) is 0. The largest absolute Gasteiger partial charge is 0.497 e. The zero-order chi connectivity index (χ0) is 23.5. The number of halogens is 1. The van der Waals surface area contributed by atoms with Crippen LogP contribution in [-0.4, -0.2) is 53.9 Å². The van der Waals surface area contributed by atoms with Crippen LogP contribution < -0.4 is 9.64 Å². The van der Waals surface area contributed by atoms with E-state index in [1.807, 2.05) is 89.8 Å². The van der Waals surface area contributed by atoms with Crippen molar-refractivity contribution in [3.63, 3.8) is 0 Å². The van der Waals surface area contributed by atoms with E-state index in [2.05, 4.69) is 4.90 Å². The number of hydrogen-bond acceptors (Lipinski definition) is 4. The predicted octanol–water partition coefficient (Wildman–Crippen LogP) is 5.16. The van der Waals surface area contributed by atoms with Gasteiger partial charge in [-0.25, -0.2) is 4.68 Å². The summed E-state index contributed by atoms with van der Waals surface area (Å²) in [5, 5.41) is 5.53. The number of benzene rings is 3. The van der Waals surface area contributed by atoms with E-state index in [0.29, 0.717) is 18.8 Å². The fourth-order valence-electron chi connectivity index (χ4n) is 4.24. The van der Waals surface area contributed by atoms with E-state index in [1.165, 1.54) is 0 Å². The van der Waals surface area contributed by atoms with Crippen LogP contribution in [0, 0.1) is 0 Å². The van der Waals surface area contributed by atoms with Crippen molar-refractivity contribution in [2.24, 2.45) is 0 Å². The summed E-state index contributed by atoms with van der Waals surface area (Å²) in [6.07, 6.45) is 0. The molecular formula is C27H25ClN4O2. The Morgan fingerprint density at radius 2 is 1.62 bits per heavy atom. The Morgan fingerprint density at radius 3 is 2.35 bits per heavy atom. The molecule has 0 unspecified atom stereocenters. The topological polar surface area (TPSA) is 50.6 Å². The summed E-state index contributed by atoms with van der Waals surface area (Å²) in [6.45, 7) is 2.66. The molecule has 1 fully saturated rings. The molecule has 0 radical (unpaired) electrons. The Bertz CT molecular complexity index is 1300. The number of amides is 1. The molecule has 4 aromatic rings. The van der Waals surface area contributed by atoms with E-state index in [9.17, 15) is 4.79 Å². The van der Waals surface area contributed by atoms with Crippen molar-refractivity contribution < 1.29 is 9.53 Å². The van der Waals surface area contributed by atoms with Crippen molar-refractivity contribution in [2.75, 3.05) is 38.2 Å². The zero-order valence-electron chi connectivity index (χ0n) is 18.9. The van der Waals surface area contributed by atoms with Crippen molar-refractivity contribution in [3.05, 3.63) is 95.6 Å². The summed E-state index contributed by atoms with van der Waals surface area (Å²) in [5.41, 5.74) is 4.00. The van der Waals surface area contributed by atoms with E-state index in [0.717, 1.165) is 46.5 Å². The molecule has 1 aromatic heterocycles. The van der Waals surface area contributed by atoms with Gasteiger partial charge in [-0.3, -0.25) is 4.79 Å². The first-order valence-corrected chi connectivity index (χ1v) is 11.6. The second-order valence-electron chi connectivity index (χ2n) is 8.12. The summed E-state index contributed by atoms with van der Waals surface area (Å²) in [6, 6.07) is 27.1. The summed E-state index contributed by atoms with van der Waals surface area (Å²) in [4.78, 5) is 17.8. The maximum Gasteiger partial charge on any atom is 0.272 e. The van der Waals surface area contributed by atoms with Crippen LogP contribution in [0.5, 0.6) is 5.75 Å². The number of carbonyl (C=O) groups is 1. The van der Waals surface area contributed by atoms with Gasteiger partial charge >= 0.3 is 0 Å². The van der Waals surface area contributed by atoms with E-state index >= 15 is 0 Å². The van der Waals surface area contributed by atoms with Crippen molar-refractivity contribution >= 4 is 23.2 Å². The highest BCUT2D eigenvalue weighted by Gasteiger charge is 2.27. The van der Waals surface area contributed by atoms with E-state index in [1.54, 1.807) is 11.8 Å². The summed E-state index contributed by atoms with van der Waals surface area (Å²) in [5.74, 6) is 0.708. The van der Waals surface area contributed by atoms with Crippen LogP contribution in [0.1, 0.15) is 10.5 Å². The lowest BCUT2D eigenvalue weighted by atomic mass is 10.1. The van der Waals surface area contributed by atoms with E-state index in [-0.39, 0.29) is 5.91 Å². The average Bonchev–Trinajstić information content (AvgIpc) is 3.35. The molecule has 0 atom stereocenters. The first-order valence-electron chi connectivity index (χ1n) is 11.2. The molecule has 1 aliphatic rings. The van der Waals surface area contributed by atoms with Crippen LogP contribution in [-0.2, 0) is 0 Å². The molecule has 1 amide bonds. The number of nitrogens with zero attached hydrogens (tertiary/aromatic N) is 4. The first-order chi connectivity index (χ1) is 16.6. The number of carbonyl (C=O) groups excluding carboxylic acids is 1. The summed E-state index contributed by atoms with van der Waals surface area (Å²) in [7, 11) is 1.64. The lowest BCUT2D eigenvalue weighted by Crippen LogP contribution is -2.49. The minimum absolute atomic E-state index is 0.0377. The molecule has 0 bridgehead atoms. The number of para-hydroxylation sites is 2. The molecule has 172 valence electrons. The smallest absolute Gasteiger partial charge is 0.272 e. The van der Waals surface area contributed by atoms with Crippen LogP contribution in [0.25, 0.3) is 16.9 Å². The monoisotopic (exact) mass is 472 g/mol. The normalized spacial score (nSPS) is 13.7. The third-order valence-electron chi connectivity index (χ3n) is 6.05. The number of anilines is 1. The Labute approximate surface area is 203 Å². The molecule has 0 aliphatic carbocycles. The molecule has 2 heterocycles. The van der Waals surface area contributed by atoms with Gasteiger partial charge in [0, 0.05) is 31.7 Å². The van der Waals surface area contributed by atoms with Gasteiger partial charge in [-0.1, -0.05) is 54.1 Å². The van der Waals surface area contributed by atoms with Gasteiger partial charge in [0.05, 0.1) is 29.2 Å². The lowest BCUT2D eigenvalue weighted by molar-refractivity contribution is 0.0737. The Hall–Kier alpha value is -3.77. The second kappa shape index (κ2) is 9.61. The fourth-order valence-corrected chi connectivity index (χ4v) is 4.50. The quantitative estimate of drug-likeness (QED) is 0.402. The lowest BCUT2D eigenvalue weighted by Gasteiger charge is -2.36. The zero-order valence-corrected chi connectivity index (χ0v) is 19.7. The van der Waals surface area contributed by atoms with Crippen LogP contribution in [0.2, 0.25) is 5.02 Å². The number of rotatable bonds is 5. The Kier molecular flexibility index (Phi) is 6.23. The molecule has 0 spiro atoms. The number of piperazine rings is 1. The highest BCUT2D eigenvalue weighted by atomic mass is 35.5. The standard InChI is InChI=1S/C27H25ClN4O2/c1-34-22-11-7-8-20(18-22)24-19-26(32(29-24)21-9-3-2-4-10-21)27(33)31-16-14-30(15-17-31)25-13-6-5-12-23(25)28/h2-13,18-19H,14-17H2,1H3. The van der Waals surface area contributed by atoms with Gasteiger partial charge in [-0.05, 0) is 42.5 Å². The molecule has 5 rings (SSSR count). The Balaban J connectivity index is 1.43. The van der Waals surface area contributed by atoms with Gasteiger partial charge < -0.3 is 14.5 Å². The van der Waals surface area contributed by atoms with Gasteiger partial charge in [-0.2, -0.15) is 5.10 Å². The number of ether oxygens (including phenoxy) is 1. The minimum Gasteiger partial charge on any atom is -0.497 e. The average molecular weight is 473 g/mol. The maximum atomic E-state index is 13.7. The summed E-state index contributed by atoms with van der Waals surface area (Å²) < 4.78 is 7.11. The van der Waals surface area contributed by atoms with Gasteiger partial charge in [0.2, 0.25) is 0 Å². The van der Waals surface area contributed by atoms with Crippen LogP contribution in [0.4, 0.5) is 5.69 Å². The molecule has 3 aromatic carbocycles. The molecular weight excluding hydrogens is 448 g/mol. The van der Waals surface area contributed by atoms with Crippen LogP contribution >= 0.6 is 11.6 Å². The SMILES string of the molecule is COc1cccc(-c2cc(C(=O)N3CCN(c4ccccc4Cl)CC3)n(-c3ccccc3)n2)c1. The van der Waals surface area contributed by atoms with E-state index in [4.69, 9.17) is 21.4 Å². The Morgan fingerprint density at radius 1 is 0.882 bits per heavy atom.